The number of hydrogen-bond acceptors (Lipinski definition) is 7. The van der Waals surface area contributed by atoms with Crippen LogP contribution in [-0.4, -0.2) is 58.6 Å². The maximum absolute atomic E-state index is 13.3. The minimum atomic E-state index is -0.665. The van der Waals surface area contributed by atoms with E-state index in [0.29, 0.717) is 42.0 Å². The van der Waals surface area contributed by atoms with Gasteiger partial charge in [-0.15, -0.1) is 0 Å². The monoisotopic (exact) mass is 521 g/mol. The Labute approximate surface area is 220 Å². The molecule has 2 heterocycles. The third-order valence-corrected chi connectivity index (χ3v) is 6.77. The minimum Gasteiger partial charge on any atom is -0.494 e. The highest BCUT2D eigenvalue weighted by atomic mass is 32.2. The molecule has 9 nitrogen and oxygen atoms in total. The topological polar surface area (TPSA) is 112 Å². The lowest BCUT2D eigenvalue weighted by molar-refractivity contribution is -0.125. The maximum Gasteiger partial charge on any atom is 0.259 e. The van der Waals surface area contributed by atoms with Crippen LogP contribution in [0.3, 0.4) is 0 Å². The number of benzene rings is 2. The summed E-state index contributed by atoms with van der Waals surface area (Å²) >= 11 is 1.18. The number of thioether (sulfide) groups is 1. The van der Waals surface area contributed by atoms with Gasteiger partial charge in [0.25, 0.3) is 5.91 Å². The normalized spacial score (nSPS) is 15.9. The summed E-state index contributed by atoms with van der Waals surface area (Å²) in [5.74, 6) is 0.778. The molecule has 37 heavy (non-hydrogen) atoms. The zero-order valence-corrected chi connectivity index (χ0v) is 21.8. The van der Waals surface area contributed by atoms with Crippen LogP contribution in [0.4, 0.5) is 11.4 Å². The fourth-order valence-electron chi connectivity index (χ4n) is 3.98. The van der Waals surface area contributed by atoms with E-state index in [4.69, 9.17) is 4.74 Å². The number of anilines is 1. The van der Waals surface area contributed by atoms with Crippen molar-refractivity contribution >= 4 is 51.9 Å². The maximum atomic E-state index is 13.3. The van der Waals surface area contributed by atoms with Gasteiger partial charge in [0.1, 0.15) is 17.6 Å². The summed E-state index contributed by atoms with van der Waals surface area (Å²) in [5.41, 5.74) is 2.10. The first-order valence-electron chi connectivity index (χ1n) is 12.5. The zero-order chi connectivity index (χ0) is 26.2. The summed E-state index contributed by atoms with van der Waals surface area (Å²) in [6.45, 7) is 5.18. The van der Waals surface area contributed by atoms with Crippen molar-refractivity contribution in [1.82, 2.24) is 10.2 Å². The van der Waals surface area contributed by atoms with Gasteiger partial charge in [-0.3, -0.25) is 19.4 Å². The van der Waals surface area contributed by atoms with Gasteiger partial charge in [0.05, 0.1) is 18.0 Å². The third kappa shape index (κ3) is 6.56. The van der Waals surface area contributed by atoms with Crippen LogP contribution < -0.4 is 15.4 Å². The van der Waals surface area contributed by atoms with Crippen LogP contribution in [0.1, 0.15) is 45.1 Å². The molecule has 194 valence electrons. The van der Waals surface area contributed by atoms with E-state index >= 15 is 0 Å². The fourth-order valence-corrected chi connectivity index (χ4v) is 4.78. The van der Waals surface area contributed by atoms with E-state index in [1.54, 1.807) is 24.3 Å². The average molecular weight is 522 g/mol. The van der Waals surface area contributed by atoms with Crippen LogP contribution in [0.15, 0.2) is 58.5 Å². The Kier molecular flexibility index (Phi) is 8.95. The van der Waals surface area contributed by atoms with Gasteiger partial charge in [-0.25, -0.2) is 9.89 Å². The zero-order valence-electron chi connectivity index (χ0n) is 21.0. The number of amidine groups is 2. The number of carbonyl (C=O) groups is 3. The number of ether oxygens (including phenoxy) is 1. The van der Waals surface area contributed by atoms with E-state index in [1.165, 1.54) is 16.7 Å². The van der Waals surface area contributed by atoms with Gasteiger partial charge in [0, 0.05) is 24.2 Å². The molecule has 3 amide bonds. The van der Waals surface area contributed by atoms with Gasteiger partial charge in [-0.2, -0.15) is 0 Å². The van der Waals surface area contributed by atoms with E-state index in [2.05, 4.69) is 27.5 Å². The van der Waals surface area contributed by atoms with Crippen LogP contribution in [-0.2, 0) is 14.4 Å². The number of unbranched alkanes of at least 4 members (excludes halogenated alkanes) is 1. The first kappa shape index (κ1) is 26.4. The van der Waals surface area contributed by atoms with Crippen molar-refractivity contribution in [3.8, 4) is 5.75 Å². The SMILES string of the molecule is CCCCNC(=O)CCC1N=C2c3ccccc3N=C(SCC(=O)Nc3ccc(OCC)cc3)N2C1=O. The van der Waals surface area contributed by atoms with E-state index in [1.807, 2.05) is 31.2 Å². The van der Waals surface area contributed by atoms with Crippen LogP contribution in [0.25, 0.3) is 0 Å². The van der Waals surface area contributed by atoms with Gasteiger partial charge in [0.2, 0.25) is 11.8 Å². The van der Waals surface area contributed by atoms with Crippen LogP contribution >= 0.6 is 11.8 Å². The molecule has 2 N–H and O–H groups in total. The van der Waals surface area contributed by atoms with Crippen molar-refractivity contribution in [3.63, 3.8) is 0 Å². The molecule has 1 unspecified atom stereocenters. The number of amides is 3. The van der Waals surface area contributed by atoms with E-state index in [0.717, 1.165) is 24.2 Å². The molecule has 4 rings (SSSR count). The summed E-state index contributed by atoms with van der Waals surface area (Å²) in [7, 11) is 0. The smallest absolute Gasteiger partial charge is 0.259 e. The number of hydrogen-bond donors (Lipinski definition) is 2. The lowest BCUT2D eigenvalue weighted by atomic mass is 10.1. The molecule has 0 aliphatic carbocycles. The molecule has 2 aromatic rings. The summed E-state index contributed by atoms with van der Waals surface area (Å²) in [5, 5.41) is 6.14. The molecular formula is C27H31N5O4S. The summed E-state index contributed by atoms with van der Waals surface area (Å²) in [6.07, 6.45) is 2.46. The highest BCUT2D eigenvalue weighted by Crippen LogP contribution is 2.34. The van der Waals surface area contributed by atoms with Crippen LogP contribution in [0.5, 0.6) is 5.75 Å². The quantitative estimate of drug-likeness (QED) is 0.432. The van der Waals surface area contributed by atoms with Crippen molar-refractivity contribution in [2.75, 3.05) is 24.2 Å². The molecule has 2 aliphatic rings. The Morgan fingerprint density at radius 2 is 1.86 bits per heavy atom. The highest BCUT2D eigenvalue weighted by Gasteiger charge is 2.41. The van der Waals surface area contributed by atoms with E-state index in [9.17, 15) is 14.4 Å². The number of aliphatic imine (C=N–C) groups is 2. The molecule has 0 spiro atoms. The second kappa shape index (κ2) is 12.5. The molecule has 0 radical (unpaired) electrons. The van der Waals surface area contributed by atoms with Gasteiger partial charge in [-0.1, -0.05) is 37.2 Å². The van der Waals surface area contributed by atoms with Crippen molar-refractivity contribution < 1.29 is 19.1 Å². The molecule has 2 aliphatic heterocycles. The molecule has 0 saturated carbocycles. The molecule has 0 aromatic heterocycles. The second-order valence-corrected chi connectivity index (χ2v) is 9.53. The lowest BCUT2D eigenvalue weighted by Crippen LogP contribution is -2.41. The van der Waals surface area contributed by atoms with Crippen molar-refractivity contribution in [1.29, 1.82) is 0 Å². The summed E-state index contributed by atoms with van der Waals surface area (Å²) in [6, 6.07) is 14.0. The standard InChI is InChI=1S/C27H31N5O4S/c1-3-5-16-28-23(33)15-14-22-26(35)32-25(30-22)20-8-6-7-9-21(20)31-27(32)37-17-24(34)29-18-10-12-19(13-11-18)36-4-2/h6-13,22H,3-5,14-17H2,1-2H3,(H,28,33)(H,29,34). The van der Waals surface area contributed by atoms with Gasteiger partial charge in [-0.05, 0) is 56.2 Å². The molecular weight excluding hydrogens is 490 g/mol. The lowest BCUT2D eigenvalue weighted by Gasteiger charge is -2.25. The Bertz CT molecular complexity index is 1210. The Hall–Kier alpha value is -3.66. The predicted molar refractivity (Wildman–Crippen MR) is 147 cm³/mol. The first-order chi connectivity index (χ1) is 18.0. The number of para-hydroxylation sites is 1. The molecule has 0 fully saturated rings. The number of rotatable bonds is 11. The van der Waals surface area contributed by atoms with Crippen LogP contribution in [0.2, 0.25) is 0 Å². The molecule has 10 heteroatoms. The summed E-state index contributed by atoms with van der Waals surface area (Å²) < 4.78 is 5.43. The number of nitrogens with zero attached hydrogens (tertiary/aromatic N) is 3. The van der Waals surface area contributed by atoms with Gasteiger partial charge >= 0.3 is 0 Å². The average Bonchev–Trinajstić information content (AvgIpc) is 3.24. The highest BCUT2D eigenvalue weighted by molar-refractivity contribution is 8.14. The third-order valence-electron chi connectivity index (χ3n) is 5.83. The fraction of sp³-hybridized carbons (Fsp3) is 0.370. The molecule has 1 atom stereocenters. The minimum absolute atomic E-state index is 0.0653. The number of nitrogens with one attached hydrogen (secondary N) is 2. The van der Waals surface area contributed by atoms with E-state index < -0.39 is 6.04 Å². The van der Waals surface area contributed by atoms with Gasteiger partial charge in [0.15, 0.2) is 5.17 Å². The predicted octanol–water partition coefficient (Wildman–Crippen LogP) is 4.11. The molecule has 0 bridgehead atoms. The van der Waals surface area contributed by atoms with Gasteiger partial charge < -0.3 is 15.4 Å². The van der Waals surface area contributed by atoms with Crippen molar-refractivity contribution in [2.24, 2.45) is 9.98 Å². The Balaban J connectivity index is 1.42. The molecule has 0 saturated heterocycles. The second-order valence-electron chi connectivity index (χ2n) is 8.59. The Morgan fingerprint density at radius 1 is 1.08 bits per heavy atom. The summed E-state index contributed by atoms with van der Waals surface area (Å²) in [4.78, 5) is 49.0. The largest absolute Gasteiger partial charge is 0.494 e. The van der Waals surface area contributed by atoms with E-state index in [-0.39, 0.29) is 29.9 Å². The van der Waals surface area contributed by atoms with Crippen molar-refractivity contribution in [3.05, 3.63) is 54.1 Å². The molecule has 2 aromatic carbocycles. The van der Waals surface area contributed by atoms with Crippen molar-refractivity contribution in [2.45, 2.75) is 45.6 Å². The van der Waals surface area contributed by atoms with Crippen LogP contribution in [0, 0.1) is 0 Å². The number of fused-ring (bicyclic) bond motifs is 3. The Morgan fingerprint density at radius 3 is 2.62 bits per heavy atom. The number of carbonyl (C=O) groups excluding carboxylic acids is 3. The first-order valence-corrected chi connectivity index (χ1v) is 13.5.